The highest BCUT2D eigenvalue weighted by Crippen LogP contribution is 2.29. The molecule has 0 aliphatic carbocycles. The summed E-state index contributed by atoms with van der Waals surface area (Å²) in [6.07, 6.45) is 6.13. The molecule has 1 aromatic rings. The molecule has 2 heterocycles. The summed E-state index contributed by atoms with van der Waals surface area (Å²) >= 11 is 0. The van der Waals surface area contributed by atoms with Gasteiger partial charge in [-0.05, 0) is 65.3 Å². The minimum atomic E-state index is -0.506. The van der Waals surface area contributed by atoms with Crippen molar-refractivity contribution in [1.29, 1.82) is 0 Å². The van der Waals surface area contributed by atoms with Crippen molar-refractivity contribution in [2.45, 2.75) is 65.0 Å². The number of nitrogens with zero attached hydrogens (tertiary/aromatic N) is 3. The van der Waals surface area contributed by atoms with E-state index in [4.69, 9.17) is 4.74 Å². The Labute approximate surface area is 146 Å². The van der Waals surface area contributed by atoms with Crippen LogP contribution in [-0.4, -0.2) is 41.7 Å². The summed E-state index contributed by atoms with van der Waals surface area (Å²) in [6.45, 7) is 9.42. The van der Waals surface area contributed by atoms with Gasteiger partial charge in [0.15, 0.2) is 0 Å². The van der Waals surface area contributed by atoms with E-state index in [0.29, 0.717) is 18.4 Å². The van der Waals surface area contributed by atoms with Crippen molar-refractivity contribution in [2.75, 3.05) is 25.0 Å². The number of hydrogen-bond acceptors (Lipinski definition) is 4. The minimum Gasteiger partial charge on any atom is -0.443 e. The highest BCUT2D eigenvalue weighted by Gasteiger charge is 2.25. The Morgan fingerprint density at radius 3 is 2.67 bits per heavy atom. The van der Waals surface area contributed by atoms with Crippen LogP contribution in [0.2, 0.25) is 0 Å². The molecule has 1 atom stereocenters. The Balaban J connectivity index is 2.14. The smallest absolute Gasteiger partial charge is 0.416 e. The third kappa shape index (κ3) is 4.94. The fourth-order valence-electron chi connectivity index (χ4n) is 3.09. The molecule has 0 unspecified atom stereocenters. The standard InChI is InChI=1S/C19H31N3O2/c1-6-12-22(18(23)24-19(2,3)4)17-11-10-15(14-20-17)16-9-7-8-13-21(16)5/h10-11,14,16H,6-9,12-13H2,1-5H3/t16-/m1/s1. The van der Waals surface area contributed by atoms with Gasteiger partial charge in [-0.2, -0.15) is 0 Å². The van der Waals surface area contributed by atoms with E-state index >= 15 is 0 Å². The van der Waals surface area contributed by atoms with Gasteiger partial charge in [-0.3, -0.25) is 9.80 Å². The van der Waals surface area contributed by atoms with Gasteiger partial charge in [-0.15, -0.1) is 0 Å². The fraction of sp³-hybridized carbons (Fsp3) is 0.684. The molecule has 0 aromatic carbocycles. The summed E-state index contributed by atoms with van der Waals surface area (Å²) in [5, 5.41) is 0. The average molecular weight is 333 g/mol. The number of anilines is 1. The molecule has 5 nitrogen and oxygen atoms in total. The molecule has 1 aliphatic heterocycles. The van der Waals surface area contributed by atoms with Crippen molar-refractivity contribution in [2.24, 2.45) is 0 Å². The van der Waals surface area contributed by atoms with Crippen molar-refractivity contribution in [3.63, 3.8) is 0 Å². The van der Waals surface area contributed by atoms with Crippen molar-refractivity contribution < 1.29 is 9.53 Å². The molecule has 0 radical (unpaired) electrons. The normalized spacial score (nSPS) is 19.1. The molecule has 2 rings (SSSR count). The molecule has 1 aliphatic rings. The second-order valence-electron chi connectivity index (χ2n) is 7.57. The van der Waals surface area contributed by atoms with Gasteiger partial charge < -0.3 is 4.74 Å². The zero-order valence-electron chi connectivity index (χ0n) is 15.7. The fourth-order valence-corrected chi connectivity index (χ4v) is 3.09. The van der Waals surface area contributed by atoms with E-state index in [-0.39, 0.29) is 6.09 Å². The molecule has 1 fully saturated rings. The summed E-state index contributed by atoms with van der Waals surface area (Å²) < 4.78 is 5.51. The molecule has 1 aromatic heterocycles. The lowest BCUT2D eigenvalue weighted by Crippen LogP contribution is -2.38. The Bertz CT molecular complexity index is 537. The van der Waals surface area contributed by atoms with Gasteiger partial charge in [-0.1, -0.05) is 19.4 Å². The summed E-state index contributed by atoms with van der Waals surface area (Å²) in [5.74, 6) is 0.660. The number of likely N-dealkylation sites (tertiary alicyclic amines) is 1. The Morgan fingerprint density at radius 2 is 2.12 bits per heavy atom. The topological polar surface area (TPSA) is 45.7 Å². The van der Waals surface area contributed by atoms with E-state index < -0.39 is 5.60 Å². The summed E-state index contributed by atoms with van der Waals surface area (Å²) in [6, 6.07) is 4.47. The summed E-state index contributed by atoms with van der Waals surface area (Å²) in [5.41, 5.74) is 0.718. The molecule has 1 saturated heterocycles. The highest BCUT2D eigenvalue weighted by atomic mass is 16.6. The Morgan fingerprint density at radius 1 is 1.38 bits per heavy atom. The van der Waals surface area contributed by atoms with Crippen molar-refractivity contribution in [3.05, 3.63) is 23.9 Å². The first-order valence-electron chi connectivity index (χ1n) is 8.98. The van der Waals surface area contributed by atoms with E-state index in [9.17, 15) is 4.79 Å². The van der Waals surface area contributed by atoms with Crippen LogP contribution >= 0.6 is 0 Å². The van der Waals surface area contributed by atoms with Gasteiger partial charge in [-0.25, -0.2) is 9.78 Å². The average Bonchev–Trinajstić information content (AvgIpc) is 2.52. The number of carbonyl (C=O) groups excluding carboxylic acids is 1. The molecule has 1 amide bonds. The van der Waals surface area contributed by atoms with Crippen LogP contribution in [0.1, 0.15) is 65.0 Å². The van der Waals surface area contributed by atoms with Gasteiger partial charge in [0.05, 0.1) is 0 Å². The van der Waals surface area contributed by atoms with Crippen LogP contribution in [0.15, 0.2) is 18.3 Å². The number of rotatable bonds is 4. The van der Waals surface area contributed by atoms with Crippen LogP contribution in [0.3, 0.4) is 0 Å². The van der Waals surface area contributed by atoms with Crippen LogP contribution < -0.4 is 4.90 Å². The Kier molecular flexibility index (Phi) is 6.21. The second kappa shape index (κ2) is 7.97. The molecule has 0 bridgehead atoms. The number of pyridine rings is 1. The van der Waals surface area contributed by atoms with E-state index in [2.05, 4.69) is 23.0 Å². The number of aromatic nitrogens is 1. The molecule has 0 saturated carbocycles. The van der Waals surface area contributed by atoms with Crippen molar-refractivity contribution in [1.82, 2.24) is 9.88 Å². The zero-order valence-corrected chi connectivity index (χ0v) is 15.7. The van der Waals surface area contributed by atoms with E-state index in [1.165, 1.54) is 24.8 Å². The zero-order chi connectivity index (χ0) is 17.7. The third-order valence-electron chi connectivity index (χ3n) is 4.26. The lowest BCUT2D eigenvalue weighted by Gasteiger charge is -2.33. The lowest BCUT2D eigenvalue weighted by molar-refractivity contribution is 0.0579. The van der Waals surface area contributed by atoms with Crippen LogP contribution in [0, 0.1) is 0 Å². The highest BCUT2D eigenvalue weighted by molar-refractivity contribution is 5.86. The molecule has 5 heteroatoms. The van der Waals surface area contributed by atoms with Gasteiger partial charge in [0.2, 0.25) is 0 Å². The summed E-state index contributed by atoms with van der Waals surface area (Å²) in [7, 11) is 2.17. The summed E-state index contributed by atoms with van der Waals surface area (Å²) in [4.78, 5) is 21.0. The SMILES string of the molecule is CCCN(C(=O)OC(C)(C)C)c1ccc([C@H]2CCCCN2C)cn1. The molecule has 0 spiro atoms. The third-order valence-corrected chi connectivity index (χ3v) is 4.26. The first-order valence-corrected chi connectivity index (χ1v) is 8.98. The van der Waals surface area contributed by atoms with E-state index in [1.807, 2.05) is 40.0 Å². The molecular formula is C19H31N3O2. The van der Waals surface area contributed by atoms with Crippen LogP contribution in [0.5, 0.6) is 0 Å². The Hall–Kier alpha value is -1.62. The quantitative estimate of drug-likeness (QED) is 0.820. The maximum Gasteiger partial charge on any atom is 0.416 e. The number of carbonyl (C=O) groups is 1. The molecular weight excluding hydrogens is 302 g/mol. The van der Waals surface area contributed by atoms with Crippen LogP contribution in [0.4, 0.5) is 10.6 Å². The van der Waals surface area contributed by atoms with Crippen molar-refractivity contribution in [3.8, 4) is 0 Å². The predicted octanol–water partition coefficient (Wildman–Crippen LogP) is 4.39. The van der Waals surface area contributed by atoms with E-state index in [0.717, 1.165) is 13.0 Å². The molecule has 134 valence electrons. The number of ether oxygens (including phenoxy) is 1. The monoisotopic (exact) mass is 333 g/mol. The molecule has 0 N–H and O–H groups in total. The minimum absolute atomic E-state index is 0.334. The van der Waals surface area contributed by atoms with Crippen LogP contribution in [-0.2, 0) is 4.74 Å². The maximum atomic E-state index is 12.4. The largest absolute Gasteiger partial charge is 0.443 e. The lowest BCUT2D eigenvalue weighted by atomic mass is 9.97. The van der Waals surface area contributed by atoms with Gasteiger partial charge in [0, 0.05) is 18.8 Å². The number of amides is 1. The first kappa shape index (κ1) is 18.7. The van der Waals surface area contributed by atoms with Gasteiger partial charge >= 0.3 is 6.09 Å². The van der Waals surface area contributed by atoms with Crippen LogP contribution in [0.25, 0.3) is 0 Å². The maximum absolute atomic E-state index is 12.4. The first-order chi connectivity index (χ1) is 11.3. The van der Waals surface area contributed by atoms with Gasteiger partial charge in [0.1, 0.15) is 11.4 Å². The predicted molar refractivity (Wildman–Crippen MR) is 97.3 cm³/mol. The van der Waals surface area contributed by atoms with Crippen molar-refractivity contribution >= 4 is 11.9 Å². The van der Waals surface area contributed by atoms with Gasteiger partial charge in [0.25, 0.3) is 0 Å². The molecule has 24 heavy (non-hydrogen) atoms. The second-order valence-corrected chi connectivity index (χ2v) is 7.57. The number of hydrogen-bond donors (Lipinski definition) is 0. The van der Waals surface area contributed by atoms with E-state index in [1.54, 1.807) is 4.90 Å². The number of piperidine rings is 1.